The molecule has 1 atom stereocenters. The van der Waals surface area contributed by atoms with Gasteiger partial charge < -0.3 is 15.2 Å². The van der Waals surface area contributed by atoms with E-state index in [0.29, 0.717) is 36.8 Å². The van der Waals surface area contributed by atoms with Crippen LogP contribution in [0, 0.1) is 0 Å². The molecule has 1 saturated heterocycles. The summed E-state index contributed by atoms with van der Waals surface area (Å²) in [5.41, 5.74) is 4.92. The maximum atomic E-state index is 12.2. The van der Waals surface area contributed by atoms with Gasteiger partial charge in [0.2, 0.25) is 10.0 Å². The minimum atomic E-state index is -3.50. The molecule has 0 spiro atoms. The summed E-state index contributed by atoms with van der Waals surface area (Å²) in [4.78, 5) is 0.971. The van der Waals surface area contributed by atoms with Crippen molar-refractivity contribution in [1.29, 1.82) is 0 Å². The first-order valence-electron chi connectivity index (χ1n) is 6.43. The summed E-state index contributed by atoms with van der Waals surface area (Å²) in [7, 11) is -1.92. The highest BCUT2D eigenvalue weighted by Gasteiger charge is 2.36. The minimum Gasteiger partial charge on any atom is -0.378 e. The Bertz CT molecular complexity index is 535. The van der Waals surface area contributed by atoms with Crippen LogP contribution < -0.4 is 10.5 Å². The average Bonchev–Trinajstić information content (AvgIpc) is 3.07. The third kappa shape index (κ3) is 3.57. The van der Waals surface area contributed by atoms with E-state index in [1.807, 2.05) is 0 Å². The molecule has 0 aliphatic carbocycles. The van der Waals surface area contributed by atoms with E-state index < -0.39 is 15.6 Å². The van der Waals surface area contributed by atoms with E-state index in [-0.39, 0.29) is 6.54 Å². The fourth-order valence-electron chi connectivity index (χ4n) is 2.04. The van der Waals surface area contributed by atoms with Crippen molar-refractivity contribution in [3.63, 3.8) is 0 Å². The molecule has 0 aromatic carbocycles. The molecular formula is C12H20N2O4S2. The summed E-state index contributed by atoms with van der Waals surface area (Å²) in [5, 5.41) is 0. The normalized spacial score (nSPS) is 23.3. The quantitative estimate of drug-likeness (QED) is 0.756. The summed E-state index contributed by atoms with van der Waals surface area (Å²) in [6, 6.07) is 3.42. The maximum absolute atomic E-state index is 12.2. The van der Waals surface area contributed by atoms with Gasteiger partial charge >= 0.3 is 0 Å². The monoisotopic (exact) mass is 320 g/mol. The molecule has 0 amide bonds. The number of hydrogen-bond acceptors (Lipinski definition) is 6. The predicted molar refractivity (Wildman–Crippen MR) is 77.4 cm³/mol. The molecule has 6 nitrogen and oxygen atoms in total. The van der Waals surface area contributed by atoms with Gasteiger partial charge in [-0.1, -0.05) is 0 Å². The fourth-order valence-corrected chi connectivity index (χ4v) is 4.57. The Labute approximate surface area is 123 Å². The summed E-state index contributed by atoms with van der Waals surface area (Å²) >= 11 is 1.25. The van der Waals surface area contributed by atoms with Gasteiger partial charge in [0.05, 0.1) is 6.61 Å². The van der Waals surface area contributed by atoms with Crippen molar-refractivity contribution in [3.8, 4) is 0 Å². The second-order valence-corrected chi connectivity index (χ2v) is 7.94. The Morgan fingerprint density at radius 1 is 1.55 bits per heavy atom. The van der Waals surface area contributed by atoms with Crippen LogP contribution in [0.2, 0.25) is 0 Å². The standard InChI is InChI=1S/C12H20N2O4S2/c1-17-12(5-7-18-9-12)8-14-20(15,16)11-3-2-10(19-11)4-6-13/h2-3,14H,4-9,13H2,1H3. The molecule has 1 fully saturated rings. The number of nitrogens with two attached hydrogens (primary N) is 1. The fraction of sp³-hybridized carbons (Fsp3) is 0.667. The average molecular weight is 320 g/mol. The molecule has 1 aromatic rings. The summed E-state index contributed by atoms with van der Waals surface area (Å²) in [6.45, 7) is 1.73. The van der Waals surface area contributed by atoms with Crippen LogP contribution >= 0.6 is 11.3 Å². The van der Waals surface area contributed by atoms with Gasteiger partial charge in [-0.15, -0.1) is 11.3 Å². The van der Waals surface area contributed by atoms with Gasteiger partial charge in [0.15, 0.2) is 0 Å². The largest absolute Gasteiger partial charge is 0.378 e. The van der Waals surface area contributed by atoms with Crippen LogP contribution in [0.3, 0.4) is 0 Å². The van der Waals surface area contributed by atoms with Crippen molar-refractivity contribution in [3.05, 3.63) is 17.0 Å². The molecule has 1 unspecified atom stereocenters. The Morgan fingerprint density at radius 3 is 2.95 bits per heavy atom. The molecule has 1 aromatic heterocycles. The molecule has 114 valence electrons. The van der Waals surface area contributed by atoms with Crippen LogP contribution in [0.25, 0.3) is 0 Å². The van der Waals surface area contributed by atoms with Crippen molar-refractivity contribution in [2.75, 3.05) is 33.4 Å². The van der Waals surface area contributed by atoms with Crippen LogP contribution in [0.5, 0.6) is 0 Å². The van der Waals surface area contributed by atoms with Crippen LogP contribution in [-0.4, -0.2) is 47.4 Å². The molecule has 2 rings (SSSR count). The summed E-state index contributed by atoms with van der Waals surface area (Å²) < 4.78 is 38.1. The third-order valence-electron chi connectivity index (χ3n) is 3.38. The van der Waals surface area contributed by atoms with Gasteiger partial charge in [-0.3, -0.25) is 0 Å². The van der Waals surface area contributed by atoms with E-state index in [9.17, 15) is 8.42 Å². The van der Waals surface area contributed by atoms with E-state index in [2.05, 4.69) is 4.72 Å². The summed E-state index contributed by atoms with van der Waals surface area (Å²) in [6.07, 6.45) is 1.38. The van der Waals surface area contributed by atoms with Crippen LogP contribution in [0.1, 0.15) is 11.3 Å². The van der Waals surface area contributed by atoms with Gasteiger partial charge in [-0.25, -0.2) is 13.1 Å². The number of nitrogens with one attached hydrogen (secondary N) is 1. The van der Waals surface area contributed by atoms with E-state index in [4.69, 9.17) is 15.2 Å². The number of methoxy groups -OCH3 is 1. The molecule has 1 aliphatic rings. The SMILES string of the molecule is COC1(CNS(=O)(=O)c2ccc(CCN)s2)CCOC1. The van der Waals surface area contributed by atoms with Gasteiger partial charge in [0, 0.05) is 31.6 Å². The van der Waals surface area contributed by atoms with Crippen molar-refractivity contribution in [2.24, 2.45) is 5.73 Å². The van der Waals surface area contributed by atoms with Gasteiger partial charge in [0.25, 0.3) is 0 Å². The zero-order valence-corrected chi connectivity index (χ0v) is 13.1. The van der Waals surface area contributed by atoms with Crippen LogP contribution in [0.15, 0.2) is 16.3 Å². The first-order chi connectivity index (χ1) is 9.51. The van der Waals surface area contributed by atoms with E-state index >= 15 is 0 Å². The smallest absolute Gasteiger partial charge is 0.250 e. The summed E-state index contributed by atoms with van der Waals surface area (Å²) in [5.74, 6) is 0. The van der Waals surface area contributed by atoms with Crippen molar-refractivity contribution >= 4 is 21.4 Å². The van der Waals surface area contributed by atoms with Crippen molar-refractivity contribution < 1.29 is 17.9 Å². The maximum Gasteiger partial charge on any atom is 0.250 e. The number of thiophene rings is 1. The molecule has 20 heavy (non-hydrogen) atoms. The Morgan fingerprint density at radius 2 is 2.35 bits per heavy atom. The van der Waals surface area contributed by atoms with Crippen LogP contribution in [-0.2, 0) is 25.9 Å². The molecule has 2 heterocycles. The highest BCUT2D eigenvalue weighted by atomic mass is 32.2. The van der Waals surface area contributed by atoms with Gasteiger partial charge in [0.1, 0.15) is 9.81 Å². The minimum absolute atomic E-state index is 0.218. The molecule has 1 aliphatic heterocycles. The molecule has 8 heteroatoms. The number of ether oxygens (including phenoxy) is 2. The van der Waals surface area contributed by atoms with E-state index in [1.54, 1.807) is 19.2 Å². The zero-order chi connectivity index (χ0) is 14.6. The molecule has 0 radical (unpaired) electrons. The van der Waals surface area contributed by atoms with Gasteiger partial charge in [-0.2, -0.15) is 0 Å². The molecule has 0 saturated carbocycles. The first-order valence-corrected chi connectivity index (χ1v) is 8.73. The lowest BCUT2D eigenvalue weighted by Crippen LogP contribution is -2.44. The molecule has 0 bridgehead atoms. The lowest BCUT2D eigenvalue weighted by molar-refractivity contribution is -0.0120. The van der Waals surface area contributed by atoms with Crippen molar-refractivity contribution in [1.82, 2.24) is 4.72 Å². The molecular weight excluding hydrogens is 300 g/mol. The number of rotatable bonds is 7. The third-order valence-corrected chi connectivity index (χ3v) is 6.42. The van der Waals surface area contributed by atoms with E-state index in [0.717, 1.165) is 4.88 Å². The van der Waals surface area contributed by atoms with Crippen molar-refractivity contribution in [2.45, 2.75) is 22.7 Å². The van der Waals surface area contributed by atoms with Crippen LogP contribution in [0.4, 0.5) is 0 Å². The number of sulfonamides is 1. The highest BCUT2D eigenvalue weighted by Crippen LogP contribution is 2.24. The predicted octanol–water partition coefficient (Wildman–Crippen LogP) is 0.333. The Hall–Kier alpha value is -0.510. The Kier molecular flexibility index (Phi) is 5.16. The number of hydrogen-bond donors (Lipinski definition) is 2. The molecule has 3 N–H and O–H groups in total. The van der Waals surface area contributed by atoms with Gasteiger partial charge in [-0.05, 0) is 25.1 Å². The topological polar surface area (TPSA) is 90.7 Å². The lowest BCUT2D eigenvalue weighted by atomic mass is 10.0. The Balaban J connectivity index is 2.03. The van der Waals surface area contributed by atoms with E-state index in [1.165, 1.54) is 11.3 Å². The highest BCUT2D eigenvalue weighted by molar-refractivity contribution is 7.91. The second-order valence-electron chi connectivity index (χ2n) is 4.77. The zero-order valence-electron chi connectivity index (χ0n) is 11.4. The first kappa shape index (κ1) is 15.9. The lowest BCUT2D eigenvalue weighted by Gasteiger charge is -2.25. The second kappa shape index (κ2) is 6.50.